The summed E-state index contributed by atoms with van der Waals surface area (Å²) in [4.78, 5) is 23.9. The third-order valence-electron chi connectivity index (χ3n) is 2.59. The van der Waals surface area contributed by atoms with Gasteiger partial charge in [0.2, 0.25) is 5.91 Å². The molecule has 0 spiro atoms. The van der Waals surface area contributed by atoms with Crippen LogP contribution in [0.4, 0.5) is 4.39 Å². The van der Waals surface area contributed by atoms with Gasteiger partial charge in [0.25, 0.3) is 0 Å². The van der Waals surface area contributed by atoms with E-state index in [2.05, 4.69) is 5.32 Å². The van der Waals surface area contributed by atoms with Gasteiger partial charge in [-0.15, -0.1) is 0 Å². The second-order valence-corrected chi connectivity index (χ2v) is 4.30. The molecule has 1 amide bonds. The molecule has 0 aliphatic heterocycles. The summed E-state index contributed by atoms with van der Waals surface area (Å²) >= 11 is 0. The average molecular weight is 278 g/mol. The van der Waals surface area contributed by atoms with Crippen molar-refractivity contribution in [2.45, 2.75) is 13.0 Å². The summed E-state index contributed by atoms with van der Waals surface area (Å²) in [5, 5.41) is 11.5. The number of halogens is 1. The van der Waals surface area contributed by atoms with E-state index in [-0.39, 0.29) is 18.2 Å². The molecular formula is C14H15FN2O3. The molecule has 5 nitrogen and oxygen atoms in total. The van der Waals surface area contributed by atoms with E-state index in [9.17, 15) is 14.0 Å². The van der Waals surface area contributed by atoms with Crippen LogP contribution in [0.5, 0.6) is 0 Å². The minimum absolute atomic E-state index is 0.118. The van der Waals surface area contributed by atoms with Gasteiger partial charge in [0.05, 0.1) is 12.7 Å². The Morgan fingerprint density at radius 3 is 2.50 bits per heavy atom. The summed E-state index contributed by atoms with van der Waals surface area (Å²) in [5.41, 5.74) is 0.118. The van der Waals surface area contributed by atoms with Gasteiger partial charge in [-0.05, 0) is 31.2 Å². The normalized spacial score (nSPS) is 13.1. The lowest BCUT2D eigenvalue weighted by Gasteiger charge is -2.15. The number of nitriles is 1. The largest absolute Gasteiger partial charge is 0.383 e. The van der Waals surface area contributed by atoms with Gasteiger partial charge >= 0.3 is 0 Å². The van der Waals surface area contributed by atoms with Crippen LogP contribution in [0.15, 0.2) is 24.3 Å². The number of carbonyl (C=O) groups is 2. The molecule has 0 aromatic heterocycles. The molecule has 20 heavy (non-hydrogen) atoms. The highest BCUT2D eigenvalue weighted by atomic mass is 19.1. The molecule has 1 aromatic carbocycles. The minimum Gasteiger partial charge on any atom is -0.383 e. The van der Waals surface area contributed by atoms with E-state index in [1.165, 1.54) is 19.2 Å². The van der Waals surface area contributed by atoms with Crippen LogP contribution in [0.25, 0.3) is 0 Å². The van der Waals surface area contributed by atoms with Gasteiger partial charge in [0.15, 0.2) is 11.7 Å². The number of benzene rings is 1. The molecule has 0 saturated carbocycles. The van der Waals surface area contributed by atoms with Crippen molar-refractivity contribution in [2.75, 3.05) is 13.7 Å². The maximum Gasteiger partial charge on any atom is 0.245 e. The van der Waals surface area contributed by atoms with Crippen molar-refractivity contribution in [1.82, 2.24) is 5.32 Å². The van der Waals surface area contributed by atoms with Gasteiger partial charge in [-0.25, -0.2) is 4.39 Å². The number of methoxy groups -OCH3 is 1. The van der Waals surface area contributed by atoms with Gasteiger partial charge in [-0.1, -0.05) is 0 Å². The first-order valence-corrected chi connectivity index (χ1v) is 5.98. The van der Waals surface area contributed by atoms with Gasteiger partial charge in [0.1, 0.15) is 5.82 Å². The Balaban J connectivity index is 2.80. The number of Topliss-reactive ketones (excluding diaryl/α,β-unsaturated/α-hetero) is 1. The number of hydrogen-bond donors (Lipinski definition) is 1. The molecule has 106 valence electrons. The number of ether oxygens (including phenoxy) is 1. The summed E-state index contributed by atoms with van der Waals surface area (Å²) in [7, 11) is 1.48. The highest BCUT2D eigenvalue weighted by molar-refractivity contribution is 6.12. The molecule has 2 atom stereocenters. The maximum atomic E-state index is 12.8. The van der Waals surface area contributed by atoms with E-state index < -0.39 is 23.4 Å². The molecule has 0 saturated heterocycles. The van der Waals surface area contributed by atoms with Crippen LogP contribution in [-0.2, 0) is 9.53 Å². The fourth-order valence-electron chi connectivity index (χ4n) is 1.63. The first-order valence-electron chi connectivity index (χ1n) is 5.98. The highest BCUT2D eigenvalue weighted by Crippen LogP contribution is 2.10. The van der Waals surface area contributed by atoms with Crippen molar-refractivity contribution in [3.8, 4) is 6.07 Å². The molecule has 0 radical (unpaired) electrons. The monoisotopic (exact) mass is 278 g/mol. The highest BCUT2D eigenvalue weighted by Gasteiger charge is 2.28. The van der Waals surface area contributed by atoms with Crippen LogP contribution in [-0.4, -0.2) is 31.4 Å². The minimum atomic E-state index is -1.46. The van der Waals surface area contributed by atoms with E-state index in [1.807, 2.05) is 0 Å². The Hall–Kier alpha value is -2.26. The smallest absolute Gasteiger partial charge is 0.245 e. The van der Waals surface area contributed by atoms with Crippen LogP contribution in [0.2, 0.25) is 0 Å². The second-order valence-electron chi connectivity index (χ2n) is 4.30. The molecule has 0 aliphatic carbocycles. The third kappa shape index (κ3) is 4.14. The number of ketones is 1. The molecule has 1 aromatic rings. The van der Waals surface area contributed by atoms with Crippen molar-refractivity contribution in [1.29, 1.82) is 5.26 Å². The van der Waals surface area contributed by atoms with Crippen molar-refractivity contribution in [2.24, 2.45) is 5.92 Å². The molecule has 0 unspecified atom stereocenters. The van der Waals surface area contributed by atoms with Crippen molar-refractivity contribution < 1.29 is 18.7 Å². The lowest BCUT2D eigenvalue weighted by Crippen LogP contribution is -2.41. The molecule has 0 heterocycles. The zero-order valence-electron chi connectivity index (χ0n) is 11.2. The van der Waals surface area contributed by atoms with Gasteiger partial charge < -0.3 is 10.1 Å². The fraction of sp³-hybridized carbons (Fsp3) is 0.357. The lowest BCUT2D eigenvalue weighted by molar-refractivity contribution is -0.123. The average Bonchev–Trinajstić information content (AvgIpc) is 2.40. The Morgan fingerprint density at radius 2 is 2.00 bits per heavy atom. The van der Waals surface area contributed by atoms with Crippen LogP contribution in [0.3, 0.4) is 0 Å². The lowest BCUT2D eigenvalue weighted by atomic mass is 9.98. The van der Waals surface area contributed by atoms with Crippen LogP contribution in [0, 0.1) is 23.1 Å². The number of rotatable bonds is 6. The zero-order chi connectivity index (χ0) is 15.1. The van der Waals surface area contributed by atoms with Gasteiger partial charge in [-0.2, -0.15) is 5.26 Å². The molecule has 0 bridgehead atoms. The number of carbonyl (C=O) groups excluding carboxylic acids is 2. The predicted molar refractivity (Wildman–Crippen MR) is 69.3 cm³/mol. The Kier molecular flexibility index (Phi) is 5.81. The van der Waals surface area contributed by atoms with Crippen molar-refractivity contribution in [3.05, 3.63) is 35.6 Å². The zero-order valence-corrected chi connectivity index (χ0v) is 11.2. The molecule has 6 heteroatoms. The van der Waals surface area contributed by atoms with Crippen LogP contribution in [0.1, 0.15) is 17.3 Å². The Labute approximate surface area is 116 Å². The predicted octanol–water partition coefficient (Wildman–Crippen LogP) is 1.30. The van der Waals surface area contributed by atoms with Crippen molar-refractivity contribution in [3.63, 3.8) is 0 Å². The number of hydrogen-bond acceptors (Lipinski definition) is 4. The number of nitrogens with one attached hydrogen (secondary N) is 1. The second kappa shape index (κ2) is 7.36. The quantitative estimate of drug-likeness (QED) is 0.628. The summed E-state index contributed by atoms with van der Waals surface area (Å²) in [6.07, 6.45) is 0. The molecule has 1 N–H and O–H groups in total. The van der Waals surface area contributed by atoms with Gasteiger partial charge in [0, 0.05) is 18.7 Å². The maximum absolute atomic E-state index is 12.8. The van der Waals surface area contributed by atoms with Crippen LogP contribution >= 0.6 is 0 Å². The molecule has 0 aliphatic rings. The van der Waals surface area contributed by atoms with Gasteiger partial charge in [-0.3, -0.25) is 9.59 Å². The first-order chi connectivity index (χ1) is 9.49. The SMILES string of the molecule is COC[C@@H](C)NC(=O)[C@H](C#N)C(=O)c1ccc(F)cc1. The standard InChI is InChI=1S/C14H15FN2O3/c1-9(8-20-2)17-14(19)12(7-16)13(18)10-3-5-11(15)6-4-10/h3-6,9,12H,8H2,1-2H3,(H,17,19)/t9-,12-/m1/s1. The summed E-state index contributed by atoms with van der Waals surface area (Å²) in [5.74, 6) is -3.30. The Morgan fingerprint density at radius 1 is 1.40 bits per heavy atom. The topological polar surface area (TPSA) is 79.2 Å². The van der Waals surface area contributed by atoms with E-state index in [1.54, 1.807) is 13.0 Å². The fourth-order valence-corrected chi connectivity index (χ4v) is 1.63. The molecular weight excluding hydrogens is 263 g/mol. The number of amides is 1. The van der Waals surface area contributed by atoms with E-state index in [0.717, 1.165) is 12.1 Å². The van der Waals surface area contributed by atoms with Crippen LogP contribution < -0.4 is 5.32 Å². The third-order valence-corrected chi connectivity index (χ3v) is 2.59. The summed E-state index contributed by atoms with van der Waals surface area (Å²) in [6, 6.07) is 6.05. The summed E-state index contributed by atoms with van der Waals surface area (Å²) < 4.78 is 17.6. The molecule has 1 rings (SSSR count). The first kappa shape index (κ1) is 15.8. The number of nitrogens with zero attached hydrogens (tertiary/aromatic N) is 1. The summed E-state index contributed by atoms with van der Waals surface area (Å²) in [6.45, 7) is 1.97. The van der Waals surface area contributed by atoms with E-state index in [4.69, 9.17) is 10.00 Å². The Bertz CT molecular complexity index is 522. The van der Waals surface area contributed by atoms with E-state index >= 15 is 0 Å². The molecule has 0 fully saturated rings. The van der Waals surface area contributed by atoms with Crippen molar-refractivity contribution >= 4 is 11.7 Å². The van der Waals surface area contributed by atoms with E-state index in [0.29, 0.717) is 0 Å².